The molecule has 0 aliphatic heterocycles. The fourth-order valence-electron chi connectivity index (χ4n) is 3.75. The molecule has 3 aromatic rings. The second-order valence-electron chi connectivity index (χ2n) is 7.26. The highest BCUT2D eigenvalue weighted by Gasteiger charge is 2.41. The Balaban J connectivity index is 1.65. The summed E-state index contributed by atoms with van der Waals surface area (Å²) in [5.74, 6) is 0.961. The van der Waals surface area contributed by atoms with Crippen LogP contribution in [0.1, 0.15) is 53.9 Å². The molecule has 0 radical (unpaired) electrons. The Labute approximate surface area is 158 Å². The predicted octanol–water partition coefficient (Wildman–Crippen LogP) is 4.63. The molecule has 0 atom stereocenters. The van der Waals surface area contributed by atoms with Crippen LogP contribution in [-0.4, -0.2) is 16.0 Å². The smallest absolute Gasteiger partial charge is 0.252 e. The maximum atomic E-state index is 12.9. The largest absolute Gasteiger partial charge is 0.338 e. The molecular weight excluding hydrogens is 338 g/mol. The minimum absolute atomic E-state index is 0.0972. The fourth-order valence-corrected chi connectivity index (χ4v) is 3.75. The van der Waals surface area contributed by atoms with Crippen molar-refractivity contribution in [2.24, 2.45) is 0 Å². The molecule has 27 heavy (non-hydrogen) atoms. The molecule has 1 aliphatic rings. The van der Waals surface area contributed by atoms with Crippen molar-refractivity contribution in [2.75, 3.05) is 0 Å². The summed E-state index contributed by atoms with van der Waals surface area (Å²) < 4.78 is 5.65. The lowest BCUT2D eigenvalue weighted by Gasteiger charge is -2.34. The molecule has 1 aliphatic carbocycles. The normalized spacial score (nSPS) is 16.0. The lowest BCUT2D eigenvalue weighted by Crippen LogP contribution is -2.47. The van der Waals surface area contributed by atoms with Gasteiger partial charge in [0.2, 0.25) is 5.82 Å². The van der Waals surface area contributed by atoms with E-state index >= 15 is 0 Å². The molecule has 1 aromatic heterocycles. The molecule has 1 N–H and O–H groups in total. The highest BCUT2D eigenvalue weighted by molar-refractivity contribution is 5.94. The summed E-state index contributed by atoms with van der Waals surface area (Å²) in [6, 6.07) is 17.4. The molecule has 1 fully saturated rings. The zero-order valence-electron chi connectivity index (χ0n) is 15.4. The SMILES string of the molecule is Cc1cccc(C(=O)NC2(c3nc(-c4ccccc4)no3)CCCCC2)c1. The number of hydrogen-bond donors (Lipinski definition) is 1. The Hall–Kier alpha value is -2.95. The first-order valence-electron chi connectivity index (χ1n) is 9.45. The van der Waals surface area contributed by atoms with Crippen LogP contribution in [0.5, 0.6) is 0 Å². The highest BCUT2D eigenvalue weighted by Crippen LogP contribution is 2.37. The minimum Gasteiger partial charge on any atom is -0.338 e. The van der Waals surface area contributed by atoms with Crippen molar-refractivity contribution in [1.82, 2.24) is 15.5 Å². The maximum Gasteiger partial charge on any atom is 0.252 e. The van der Waals surface area contributed by atoms with Crippen LogP contribution in [0.3, 0.4) is 0 Å². The first kappa shape index (κ1) is 17.5. The number of aryl methyl sites for hydroxylation is 1. The van der Waals surface area contributed by atoms with Crippen molar-refractivity contribution in [1.29, 1.82) is 0 Å². The van der Waals surface area contributed by atoms with Gasteiger partial charge in [0.15, 0.2) is 0 Å². The number of rotatable bonds is 4. The third-order valence-corrected chi connectivity index (χ3v) is 5.21. The second-order valence-corrected chi connectivity index (χ2v) is 7.26. The summed E-state index contributed by atoms with van der Waals surface area (Å²) in [5.41, 5.74) is 2.02. The van der Waals surface area contributed by atoms with E-state index in [1.807, 2.05) is 61.5 Å². The third-order valence-electron chi connectivity index (χ3n) is 5.21. The Morgan fingerprint density at radius 3 is 2.56 bits per heavy atom. The van der Waals surface area contributed by atoms with E-state index in [-0.39, 0.29) is 5.91 Å². The second kappa shape index (κ2) is 7.35. The summed E-state index contributed by atoms with van der Waals surface area (Å²) in [4.78, 5) is 17.6. The average Bonchev–Trinajstić information content (AvgIpc) is 3.20. The molecule has 1 saturated carbocycles. The van der Waals surface area contributed by atoms with Crippen molar-refractivity contribution in [2.45, 2.75) is 44.6 Å². The molecule has 5 nitrogen and oxygen atoms in total. The van der Waals surface area contributed by atoms with Crippen LogP contribution in [0.2, 0.25) is 0 Å². The zero-order chi connectivity index (χ0) is 18.7. The lowest BCUT2D eigenvalue weighted by atomic mass is 9.81. The Morgan fingerprint density at radius 2 is 1.81 bits per heavy atom. The van der Waals surface area contributed by atoms with Gasteiger partial charge in [-0.1, -0.05) is 72.4 Å². The molecule has 138 valence electrons. The molecule has 5 heteroatoms. The van der Waals surface area contributed by atoms with Gasteiger partial charge >= 0.3 is 0 Å². The number of nitrogens with zero attached hydrogens (tertiary/aromatic N) is 2. The minimum atomic E-state index is -0.598. The number of hydrogen-bond acceptors (Lipinski definition) is 4. The molecule has 1 amide bonds. The monoisotopic (exact) mass is 361 g/mol. The summed E-state index contributed by atoms with van der Waals surface area (Å²) in [7, 11) is 0. The standard InChI is InChI=1S/C22H23N3O2/c1-16-9-8-12-18(15-16)20(26)24-22(13-6-3-7-14-22)21-23-19(25-27-21)17-10-4-2-5-11-17/h2,4-5,8-12,15H,3,6-7,13-14H2,1H3,(H,24,26). The van der Waals surface area contributed by atoms with Crippen LogP contribution in [-0.2, 0) is 5.54 Å². The molecule has 1 heterocycles. The van der Waals surface area contributed by atoms with Crippen LogP contribution in [0, 0.1) is 6.92 Å². The van der Waals surface area contributed by atoms with E-state index in [1.54, 1.807) is 0 Å². The van der Waals surface area contributed by atoms with Crippen LogP contribution >= 0.6 is 0 Å². The summed E-state index contributed by atoms with van der Waals surface area (Å²) in [5, 5.41) is 7.39. The number of aromatic nitrogens is 2. The van der Waals surface area contributed by atoms with Crippen molar-refractivity contribution >= 4 is 5.91 Å². The van der Waals surface area contributed by atoms with Gasteiger partial charge in [-0.3, -0.25) is 4.79 Å². The summed E-state index contributed by atoms with van der Waals surface area (Å²) >= 11 is 0. The highest BCUT2D eigenvalue weighted by atomic mass is 16.5. The predicted molar refractivity (Wildman–Crippen MR) is 103 cm³/mol. The number of benzene rings is 2. The molecule has 0 unspecified atom stereocenters. The molecular formula is C22H23N3O2. The Kier molecular flexibility index (Phi) is 4.75. The fraction of sp³-hybridized carbons (Fsp3) is 0.318. The van der Waals surface area contributed by atoms with E-state index in [0.717, 1.165) is 43.2 Å². The Morgan fingerprint density at radius 1 is 1.04 bits per heavy atom. The molecule has 0 bridgehead atoms. The van der Waals surface area contributed by atoms with Gasteiger partial charge in [-0.25, -0.2) is 0 Å². The molecule has 0 saturated heterocycles. The van der Waals surface area contributed by atoms with Crippen molar-refractivity contribution in [3.05, 3.63) is 71.6 Å². The molecule has 2 aromatic carbocycles. The van der Waals surface area contributed by atoms with E-state index in [0.29, 0.717) is 17.3 Å². The van der Waals surface area contributed by atoms with E-state index in [9.17, 15) is 4.79 Å². The number of amides is 1. The first-order valence-corrected chi connectivity index (χ1v) is 9.45. The van der Waals surface area contributed by atoms with E-state index in [4.69, 9.17) is 4.52 Å². The first-order chi connectivity index (χ1) is 13.2. The molecule has 0 spiro atoms. The number of carbonyl (C=O) groups is 1. The quantitative estimate of drug-likeness (QED) is 0.735. The van der Waals surface area contributed by atoms with Gasteiger partial charge in [-0.05, 0) is 31.9 Å². The summed E-state index contributed by atoms with van der Waals surface area (Å²) in [6.45, 7) is 1.98. The molecule has 4 rings (SSSR count). The Bertz CT molecular complexity index is 927. The number of nitrogens with one attached hydrogen (secondary N) is 1. The van der Waals surface area contributed by atoms with Gasteiger partial charge in [0.1, 0.15) is 5.54 Å². The lowest BCUT2D eigenvalue weighted by molar-refractivity contribution is 0.0824. The van der Waals surface area contributed by atoms with Crippen molar-refractivity contribution < 1.29 is 9.32 Å². The van der Waals surface area contributed by atoms with E-state index in [2.05, 4.69) is 15.5 Å². The average molecular weight is 361 g/mol. The van der Waals surface area contributed by atoms with Crippen LogP contribution in [0.15, 0.2) is 59.1 Å². The van der Waals surface area contributed by atoms with Crippen molar-refractivity contribution in [3.8, 4) is 11.4 Å². The third kappa shape index (κ3) is 3.63. The topological polar surface area (TPSA) is 68.0 Å². The van der Waals surface area contributed by atoms with Gasteiger partial charge in [0.05, 0.1) is 0 Å². The van der Waals surface area contributed by atoms with Gasteiger partial charge in [-0.15, -0.1) is 0 Å². The van der Waals surface area contributed by atoms with E-state index in [1.165, 1.54) is 0 Å². The van der Waals surface area contributed by atoms with E-state index < -0.39 is 5.54 Å². The van der Waals surface area contributed by atoms with Gasteiger partial charge < -0.3 is 9.84 Å². The van der Waals surface area contributed by atoms with Gasteiger partial charge in [-0.2, -0.15) is 4.98 Å². The summed E-state index contributed by atoms with van der Waals surface area (Å²) in [6.07, 6.45) is 4.82. The van der Waals surface area contributed by atoms with Crippen LogP contribution in [0.25, 0.3) is 11.4 Å². The van der Waals surface area contributed by atoms with Gasteiger partial charge in [0.25, 0.3) is 11.8 Å². The zero-order valence-corrected chi connectivity index (χ0v) is 15.4. The maximum absolute atomic E-state index is 12.9. The van der Waals surface area contributed by atoms with Crippen LogP contribution in [0.4, 0.5) is 0 Å². The van der Waals surface area contributed by atoms with Gasteiger partial charge in [0, 0.05) is 11.1 Å². The van der Waals surface area contributed by atoms with Crippen molar-refractivity contribution in [3.63, 3.8) is 0 Å². The number of carbonyl (C=O) groups excluding carboxylic acids is 1. The van der Waals surface area contributed by atoms with Crippen LogP contribution < -0.4 is 5.32 Å².